The molecular weight excluding hydrogens is 349 g/mol. The van der Waals surface area contributed by atoms with Gasteiger partial charge in [0, 0.05) is 11.6 Å². The van der Waals surface area contributed by atoms with Crippen LogP contribution in [0.1, 0.15) is 31.4 Å². The summed E-state index contributed by atoms with van der Waals surface area (Å²) < 4.78 is 5.86. The Kier molecular flexibility index (Phi) is 5.49. The molecule has 0 radical (unpaired) electrons. The summed E-state index contributed by atoms with van der Waals surface area (Å²) >= 11 is 12.0. The van der Waals surface area contributed by atoms with Gasteiger partial charge in [-0.3, -0.25) is 4.79 Å². The van der Waals surface area contributed by atoms with Crippen molar-refractivity contribution in [1.82, 2.24) is 5.32 Å². The number of halogens is 2. The molecule has 1 aromatic carbocycles. The lowest BCUT2D eigenvalue weighted by Gasteiger charge is -2.26. The zero-order valence-electron chi connectivity index (χ0n) is 13.1. The molecule has 0 spiro atoms. The number of carboxylic acids is 1. The Morgan fingerprint density at radius 1 is 1.12 bits per heavy atom. The van der Waals surface area contributed by atoms with Gasteiger partial charge < -0.3 is 14.8 Å². The molecule has 2 N–H and O–H groups in total. The predicted octanol–water partition coefficient (Wildman–Crippen LogP) is 4.99. The van der Waals surface area contributed by atoms with Crippen molar-refractivity contribution in [3.8, 4) is 11.3 Å². The molecule has 24 heavy (non-hydrogen) atoms. The number of nitrogens with one attached hydrogen (secondary N) is 1. The minimum Gasteiger partial charge on any atom is -0.481 e. The van der Waals surface area contributed by atoms with E-state index in [2.05, 4.69) is 5.32 Å². The van der Waals surface area contributed by atoms with E-state index in [1.54, 1.807) is 12.1 Å². The van der Waals surface area contributed by atoms with E-state index in [1.807, 2.05) is 18.2 Å². The van der Waals surface area contributed by atoms with Crippen molar-refractivity contribution in [2.24, 2.45) is 5.92 Å². The van der Waals surface area contributed by atoms with Crippen LogP contribution in [0.3, 0.4) is 0 Å². The van der Waals surface area contributed by atoms with Crippen molar-refractivity contribution >= 4 is 29.2 Å². The van der Waals surface area contributed by atoms with Crippen LogP contribution in [-0.4, -0.2) is 17.1 Å². The molecule has 1 aromatic heterocycles. The number of benzene rings is 1. The van der Waals surface area contributed by atoms with E-state index < -0.39 is 5.97 Å². The van der Waals surface area contributed by atoms with Crippen LogP contribution >= 0.6 is 23.2 Å². The molecule has 0 saturated heterocycles. The van der Waals surface area contributed by atoms with Crippen LogP contribution in [0, 0.1) is 5.92 Å². The van der Waals surface area contributed by atoms with E-state index >= 15 is 0 Å². The molecule has 1 aliphatic rings. The van der Waals surface area contributed by atoms with Gasteiger partial charge in [-0.25, -0.2) is 0 Å². The topological polar surface area (TPSA) is 62.5 Å². The van der Waals surface area contributed by atoms with E-state index in [0.717, 1.165) is 42.8 Å². The van der Waals surface area contributed by atoms with Gasteiger partial charge in [0.05, 0.1) is 22.5 Å². The highest BCUT2D eigenvalue weighted by Gasteiger charge is 2.25. The second kappa shape index (κ2) is 7.60. The van der Waals surface area contributed by atoms with E-state index in [-0.39, 0.29) is 5.92 Å². The van der Waals surface area contributed by atoms with Crippen molar-refractivity contribution in [3.05, 3.63) is 46.1 Å². The van der Waals surface area contributed by atoms with Crippen molar-refractivity contribution in [2.45, 2.75) is 38.3 Å². The smallest absolute Gasteiger partial charge is 0.306 e. The molecule has 0 atom stereocenters. The number of aliphatic carboxylic acids is 1. The first kappa shape index (κ1) is 17.3. The van der Waals surface area contributed by atoms with Crippen LogP contribution in [0.25, 0.3) is 11.3 Å². The molecule has 1 heterocycles. The molecular formula is C18H19Cl2NO3. The Labute approximate surface area is 150 Å². The average molecular weight is 368 g/mol. The number of hydrogen-bond acceptors (Lipinski definition) is 3. The van der Waals surface area contributed by atoms with Crippen LogP contribution in [0.4, 0.5) is 0 Å². The standard InChI is InChI=1S/C18H19Cl2NO3/c19-15-7-3-12(9-16(15)20)17-8-6-14(24-17)10-21-13-4-1-11(2-5-13)18(22)23/h3,6-9,11,13,21H,1-2,4-5,10H2,(H,22,23). The molecule has 3 rings (SSSR count). The zero-order valence-corrected chi connectivity index (χ0v) is 14.6. The number of hydrogen-bond donors (Lipinski definition) is 2. The maximum Gasteiger partial charge on any atom is 0.306 e. The summed E-state index contributed by atoms with van der Waals surface area (Å²) in [6.07, 6.45) is 3.24. The summed E-state index contributed by atoms with van der Waals surface area (Å²) in [6, 6.07) is 9.61. The summed E-state index contributed by atoms with van der Waals surface area (Å²) in [4.78, 5) is 11.0. The van der Waals surface area contributed by atoms with Crippen LogP contribution in [0.5, 0.6) is 0 Å². The minimum atomic E-state index is -0.675. The largest absolute Gasteiger partial charge is 0.481 e. The summed E-state index contributed by atoms with van der Waals surface area (Å²) in [7, 11) is 0. The first-order chi connectivity index (χ1) is 11.5. The Morgan fingerprint density at radius 3 is 2.54 bits per heavy atom. The maximum atomic E-state index is 11.0. The second-order valence-corrected chi connectivity index (χ2v) is 6.98. The Morgan fingerprint density at radius 2 is 1.88 bits per heavy atom. The van der Waals surface area contributed by atoms with Gasteiger partial charge in [0.15, 0.2) is 0 Å². The van der Waals surface area contributed by atoms with Gasteiger partial charge in [-0.15, -0.1) is 0 Å². The van der Waals surface area contributed by atoms with Gasteiger partial charge >= 0.3 is 5.97 Å². The minimum absolute atomic E-state index is 0.187. The van der Waals surface area contributed by atoms with Gasteiger partial charge in [-0.1, -0.05) is 23.2 Å². The molecule has 2 aromatic rings. The molecule has 4 nitrogen and oxygen atoms in total. The SMILES string of the molecule is O=C(O)C1CCC(NCc2ccc(-c3ccc(Cl)c(Cl)c3)o2)CC1. The van der Waals surface area contributed by atoms with E-state index in [9.17, 15) is 4.79 Å². The average Bonchev–Trinajstić information content (AvgIpc) is 3.05. The van der Waals surface area contributed by atoms with Gasteiger partial charge in [0.2, 0.25) is 0 Å². The van der Waals surface area contributed by atoms with Crippen molar-refractivity contribution < 1.29 is 14.3 Å². The van der Waals surface area contributed by atoms with Crippen molar-refractivity contribution in [3.63, 3.8) is 0 Å². The molecule has 1 saturated carbocycles. The van der Waals surface area contributed by atoms with Crippen molar-refractivity contribution in [2.75, 3.05) is 0 Å². The Bertz CT molecular complexity index is 721. The molecule has 1 fully saturated rings. The van der Waals surface area contributed by atoms with Gasteiger partial charge in [-0.2, -0.15) is 0 Å². The van der Waals surface area contributed by atoms with Gasteiger partial charge in [0.1, 0.15) is 11.5 Å². The molecule has 0 aliphatic heterocycles. The van der Waals surface area contributed by atoms with Crippen LogP contribution in [0.15, 0.2) is 34.7 Å². The molecule has 0 bridgehead atoms. The quantitative estimate of drug-likeness (QED) is 0.781. The van der Waals surface area contributed by atoms with Gasteiger partial charge in [-0.05, 0) is 56.0 Å². The predicted molar refractivity (Wildman–Crippen MR) is 94.4 cm³/mol. The lowest BCUT2D eigenvalue weighted by Crippen LogP contribution is -2.34. The monoisotopic (exact) mass is 367 g/mol. The van der Waals surface area contributed by atoms with Crippen molar-refractivity contribution in [1.29, 1.82) is 0 Å². The highest BCUT2D eigenvalue weighted by molar-refractivity contribution is 6.42. The number of carboxylic acid groups (broad SMARTS) is 1. The second-order valence-electron chi connectivity index (χ2n) is 6.16. The maximum absolute atomic E-state index is 11.0. The third kappa shape index (κ3) is 4.12. The fourth-order valence-corrected chi connectivity index (χ4v) is 3.36. The number of furan rings is 1. The normalized spacial score (nSPS) is 20.9. The first-order valence-corrected chi connectivity index (χ1v) is 8.79. The summed E-state index contributed by atoms with van der Waals surface area (Å²) in [5.41, 5.74) is 0.887. The first-order valence-electron chi connectivity index (χ1n) is 8.03. The fourth-order valence-electron chi connectivity index (χ4n) is 3.07. The summed E-state index contributed by atoms with van der Waals surface area (Å²) in [5.74, 6) is 0.732. The lowest BCUT2D eigenvalue weighted by atomic mass is 9.86. The number of rotatable bonds is 5. The Hall–Kier alpha value is -1.49. The van der Waals surface area contributed by atoms with E-state index in [0.29, 0.717) is 22.6 Å². The molecule has 0 amide bonds. The molecule has 6 heteroatoms. The summed E-state index contributed by atoms with van der Waals surface area (Å²) in [6.45, 7) is 0.629. The molecule has 1 aliphatic carbocycles. The van der Waals surface area contributed by atoms with Gasteiger partial charge in [0.25, 0.3) is 0 Å². The van der Waals surface area contributed by atoms with E-state index in [1.165, 1.54) is 0 Å². The fraction of sp³-hybridized carbons (Fsp3) is 0.389. The molecule has 0 unspecified atom stereocenters. The highest BCUT2D eigenvalue weighted by atomic mass is 35.5. The highest BCUT2D eigenvalue weighted by Crippen LogP contribution is 2.30. The molecule has 128 valence electrons. The zero-order chi connectivity index (χ0) is 17.1. The van der Waals surface area contributed by atoms with Crippen LogP contribution in [0.2, 0.25) is 10.0 Å². The Balaban J connectivity index is 1.55. The summed E-state index contributed by atoms with van der Waals surface area (Å²) in [5, 5.41) is 13.5. The lowest BCUT2D eigenvalue weighted by molar-refractivity contribution is -0.142. The van der Waals surface area contributed by atoms with E-state index in [4.69, 9.17) is 32.7 Å². The third-order valence-electron chi connectivity index (χ3n) is 4.51. The van der Waals surface area contributed by atoms with Crippen LogP contribution in [-0.2, 0) is 11.3 Å². The number of carbonyl (C=O) groups is 1. The van der Waals surface area contributed by atoms with Crippen LogP contribution < -0.4 is 5.32 Å². The third-order valence-corrected chi connectivity index (χ3v) is 5.25.